The third-order valence-electron chi connectivity index (χ3n) is 8.68. The molecular weight excluding hydrogens is 574 g/mol. The van der Waals surface area contributed by atoms with E-state index in [0.29, 0.717) is 58.3 Å². The van der Waals surface area contributed by atoms with Gasteiger partial charge in [-0.3, -0.25) is 9.69 Å². The van der Waals surface area contributed by atoms with E-state index in [1.807, 2.05) is 86.3 Å². The highest BCUT2D eigenvalue weighted by Gasteiger charge is 2.44. The van der Waals surface area contributed by atoms with Gasteiger partial charge in [-0.1, -0.05) is 60.7 Å². The van der Waals surface area contributed by atoms with Crippen molar-refractivity contribution in [1.82, 2.24) is 14.7 Å². The van der Waals surface area contributed by atoms with Crippen molar-refractivity contribution in [3.63, 3.8) is 0 Å². The van der Waals surface area contributed by atoms with E-state index in [2.05, 4.69) is 0 Å². The Morgan fingerprint density at radius 2 is 1.56 bits per heavy atom. The van der Waals surface area contributed by atoms with Crippen molar-refractivity contribution < 1.29 is 33.3 Å². The molecule has 3 fully saturated rings. The van der Waals surface area contributed by atoms with E-state index >= 15 is 0 Å². The van der Waals surface area contributed by atoms with Crippen LogP contribution in [0, 0.1) is 5.92 Å². The zero-order chi connectivity index (χ0) is 31.8. The largest absolute Gasteiger partial charge is 0.445 e. The number of hydrogen-bond donors (Lipinski definition) is 0. The molecule has 45 heavy (non-hydrogen) atoms. The second-order valence-corrected chi connectivity index (χ2v) is 13.2. The molecule has 0 radical (unpaired) electrons. The molecular formula is C35H47N3O7. The molecule has 10 nitrogen and oxygen atoms in total. The molecule has 0 spiro atoms. The molecule has 3 aliphatic rings. The Balaban J connectivity index is 1.10. The molecule has 0 unspecified atom stereocenters. The molecule has 5 rings (SSSR count). The highest BCUT2D eigenvalue weighted by atomic mass is 16.6. The fourth-order valence-corrected chi connectivity index (χ4v) is 6.22. The lowest BCUT2D eigenvalue weighted by molar-refractivity contribution is -0.143. The summed E-state index contributed by atoms with van der Waals surface area (Å²) in [7, 11) is 0. The second kappa shape index (κ2) is 15.1. The number of rotatable bonds is 8. The van der Waals surface area contributed by atoms with E-state index in [-0.39, 0.29) is 30.8 Å². The molecule has 244 valence electrons. The third-order valence-corrected chi connectivity index (χ3v) is 8.68. The summed E-state index contributed by atoms with van der Waals surface area (Å²) in [5, 5.41) is 0. The van der Waals surface area contributed by atoms with Gasteiger partial charge in [0, 0.05) is 32.7 Å². The first-order valence-corrected chi connectivity index (χ1v) is 16.2. The molecule has 3 amide bonds. The predicted octanol–water partition coefficient (Wildman–Crippen LogP) is 5.42. The molecule has 2 aromatic rings. The Hall–Kier alpha value is -3.63. The minimum absolute atomic E-state index is 0.0947. The maximum Gasteiger partial charge on any atom is 0.411 e. The average Bonchev–Trinajstić information content (AvgIpc) is 3.48. The van der Waals surface area contributed by atoms with Crippen LogP contribution in [-0.2, 0) is 30.3 Å². The molecule has 3 aliphatic heterocycles. The number of morpholine rings is 1. The van der Waals surface area contributed by atoms with Crippen LogP contribution in [0.4, 0.5) is 9.59 Å². The van der Waals surface area contributed by atoms with Gasteiger partial charge in [0.25, 0.3) is 0 Å². The van der Waals surface area contributed by atoms with Gasteiger partial charge in [-0.05, 0) is 57.1 Å². The summed E-state index contributed by atoms with van der Waals surface area (Å²) in [5.41, 5.74) is 1.32. The topological polar surface area (TPSA) is 97.8 Å². The van der Waals surface area contributed by atoms with Crippen molar-refractivity contribution in [3.8, 4) is 0 Å². The SMILES string of the molecule is CC(C)(C)OC(=O)N1C[C@@H](OCCC2CCN(C(=O)OCc3ccccc3)CC2)C[C@H]1C(=O)N1CCO[C@H](c2ccccc2)C1. The predicted molar refractivity (Wildman–Crippen MR) is 168 cm³/mol. The summed E-state index contributed by atoms with van der Waals surface area (Å²) < 4.78 is 23.5. The molecule has 10 heteroatoms. The van der Waals surface area contributed by atoms with E-state index in [9.17, 15) is 14.4 Å². The monoisotopic (exact) mass is 621 g/mol. The lowest BCUT2D eigenvalue weighted by Crippen LogP contribution is -2.52. The first-order chi connectivity index (χ1) is 21.7. The summed E-state index contributed by atoms with van der Waals surface area (Å²) in [6.07, 6.45) is 1.83. The minimum atomic E-state index is -0.677. The maximum absolute atomic E-state index is 13.9. The molecule has 0 aliphatic carbocycles. The van der Waals surface area contributed by atoms with Gasteiger partial charge in [0.15, 0.2) is 0 Å². The summed E-state index contributed by atoms with van der Waals surface area (Å²) in [5.74, 6) is 0.343. The number of benzene rings is 2. The summed E-state index contributed by atoms with van der Waals surface area (Å²) in [4.78, 5) is 44.8. The Labute approximate surface area is 266 Å². The first-order valence-electron chi connectivity index (χ1n) is 16.2. The van der Waals surface area contributed by atoms with Crippen molar-refractivity contribution in [2.75, 3.05) is 45.9 Å². The standard InChI is InChI=1S/C35H47N3O7/c1-35(2,3)45-34(41)38-23-29(22-30(38)32(39)37-19-21-43-31(24-37)28-12-8-5-9-13-28)42-20-16-26-14-17-36(18-15-26)33(40)44-25-27-10-6-4-7-11-27/h4-13,26,29-31H,14-25H2,1-3H3/t29-,30-,31-/m0/s1. The van der Waals surface area contributed by atoms with Gasteiger partial charge >= 0.3 is 12.2 Å². The number of likely N-dealkylation sites (tertiary alicyclic amines) is 2. The van der Waals surface area contributed by atoms with Crippen LogP contribution in [0.25, 0.3) is 0 Å². The van der Waals surface area contributed by atoms with Crippen LogP contribution < -0.4 is 0 Å². The smallest absolute Gasteiger partial charge is 0.411 e. The van der Waals surface area contributed by atoms with Crippen LogP contribution in [0.5, 0.6) is 0 Å². The average molecular weight is 622 g/mol. The maximum atomic E-state index is 13.9. The molecule has 3 heterocycles. The molecule has 0 aromatic heterocycles. The first kappa shape index (κ1) is 32.8. The van der Waals surface area contributed by atoms with Gasteiger partial charge < -0.3 is 28.7 Å². The highest BCUT2D eigenvalue weighted by molar-refractivity contribution is 5.86. The van der Waals surface area contributed by atoms with E-state index in [4.69, 9.17) is 18.9 Å². The zero-order valence-electron chi connectivity index (χ0n) is 26.8. The van der Waals surface area contributed by atoms with Gasteiger partial charge in [0.1, 0.15) is 24.4 Å². The fourth-order valence-electron chi connectivity index (χ4n) is 6.22. The molecule has 3 saturated heterocycles. The Kier molecular flexibility index (Phi) is 11.0. The lowest BCUT2D eigenvalue weighted by atomic mass is 9.94. The Morgan fingerprint density at radius 3 is 2.24 bits per heavy atom. The van der Waals surface area contributed by atoms with Crippen LogP contribution in [-0.4, -0.2) is 96.5 Å². The van der Waals surface area contributed by atoms with Gasteiger partial charge in [0.05, 0.1) is 25.8 Å². The fraction of sp³-hybridized carbons (Fsp3) is 0.571. The van der Waals surface area contributed by atoms with Gasteiger partial charge in [-0.25, -0.2) is 9.59 Å². The summed E-state index contributed by atoms with van der Waals surface area (Å²) in [6, 6.07) is 18.9. The number of amides is 3. The molecule has 0 N–H and O–H groups in total. The zero-order valence-corrected chi connectivity index (χ0v) is 26.8. The van der Waals surface area contributed by atoms with Crippen LogP contribution in [0.3, 0.4) is 0 Å². The van der Waals surface area contributed by atoms with Crippen molar-refractivity contribution in [2.24, 2.45) is 5.92 Å². The number of nitrogens with zero attached hydrogens (tertiary/aromatic N) is 3. The number of carbonyl (C=O) groups excluding carboxylic acids is 3. The Bertz CT molecular complexity index is 1260. The molecule has 2 aromatic carbocycles. The quantitative estimate of drug-likeness (QED) is 0.388. The van der Waals surface area contributed by atoms with E-state index in [1.54, 1.807) is 9.80 Å². The van der Waals surface area contributed by atoms with E-state index < -0.39 is 17.7 Å². The second-order valence-electron chi connectivity index (χ2n) is 13.2. The van der Waals surface area contributed by atoms with Crippen LogP contribution in [0.2, 0.25) is 0 Å². The van der Waals surface area contributed by atoms with Gasteiger partial charge in [0.2, 0.25) is 5.91 Å². The number of ether oxygens (including phenoxy) is 4. The minimum Gasteiger partial charge on any atom is -0.445 e. The van der Waals surface area contributed by atoms with Crippen molar-refractivity contribution in [1.29, 1.82) is 0 Å². The van der Waals surface area contributed by atoms with Crippen molar-refractivity contribution in [3.05, 3.63) is 71.8 Å². The number of hydrogen-bond acceptors (Lipinski definition) is 7. The normalized spacial score (nSPS) is 22.7. The van der Waals surface area contributed by atoms with Crippen molar-refractivity contribution >= 4 is 18.1 Å². The third kappa shape index (κ3) is 9.20. The van der Waals surface area contributed by atoms with Crippen LogP contribution in [0.1, 0.15) is 63.7 Å². The van der Waals surface area contributed by atoms with E-state index in [1.165, 1.54) is 0 Å². The van der Waals surface area contributed by atoms with Gasteiger partial charge in [-0.15, -0.1) is 0 Å². The van der Waals surface area contributed by atoms with Crippen LogP contribution >= 0.6 is 0 Å². The van der Waals surface area contributed by atoms with Crippen LogP contribution in [0.15, 0.2) is 60.7 Å². The van der Waals surface area contributed by atoms with Gasteiger partial charge in [-0.2, -0.15) is 0 Å². The highest BCUT2D eigenvalue weighted by Crippen LogP contribution is 2.29. The Morgan fingerprint density at radius 1 is 0.867 bits per heavy atom. The summed E-state index contributed by atoms with van der Waals surface area (Å²) >= 11 is 0. The number of piperidine rings is 1. The van der Waals surface area contributed by atoms with Crippen molar-refractivity contribution in [2.45, 2.75) is 76.9 Å². The summed E-state index contributed by atoms with van der Waals surface area (Å²) in [6.45, 7) is 9.27. The molecule has 0 bridgehead atoms. The number of carbonyl (C=O) groups is 3. The molecule has 0 saturated carbocycles. The lowest BCUT2D eigenvalue weighted by Gasteiger charge is -2.36. The molecule has 3 atom stereocenters. The van der Waals surface area contributed by atoms with E-state index in [0.717, 1.165) is 30.4 Å².